The second-order valence-electron chi connectivity index (χ2n) is 5.79. The molecule has 0 aliphatic heterocycles. The number of aromatic nitrogens is 2. The number of rotatable bonds is 5. The molecule has 6 heteroatoms. The molecule has 6 nitrogen and oxygen atoms in total. The van der Waals surface area contributed by atoms with Crippen LogP contribution in [0.4, 0.5) is 0 Å². The predicted molar refractivity (Wildman–Crippen MR) is 74.1 cm³/mol. The van der Waals surface area contributed by atoms with Crippen LogP contribution in [0.1, 0.15) is 37.4 Å². The number of hydrogen-bond acceptors (Lipinski definition) is 6. The van der Waals surface area contributed by atoms with Crippen molar-refractivity contribution in [2.45, 2.75) is 31.7 Å². The van der Waals surface area contributed by atoms with Gasteiger partial charge in [0.2, 0.25) is 11.8 Å². The van der Waals surface area contributed by atoms with Gasteiger partial charge in [-0.3, -0.25) is 11.3 Å². The fourth-order valence-corrected chi connectivity index (χ4v) is 3.94. The van der Waals surface area contributed by atoms with E-state index in [0.717, 1.165) is 17.5 Å². The minimum Gasteiger partial charge on any atom is -0.480 e. The van der Waals surface area contributed by atoms with Crippen molar-refractivity contribution in [3.05, 3.63) is 11.9 Å². The van der Waals surface area contributed by atoms with E-state index in [4.69, 9.17) is 15.3 Å². The van der Waals surface area contributed by atoms with Crippen LogP contribution in [0.25, 0.3) is 0 Å². The molecular formula is C14H22N4O2. The molecule has 3 N–H and O–H groups in total. The molecule has 0 amide bonds. The largest absolute Gasteiger partial charge is 0.480 e. The average molecular weight is 278 g/mol. The molecule has 2 fully saturated rings. The molecule has 1 heterocycles. The number of hydrogen-bond donors (Lipinski definition) is 2. The maximum absolute atomic E-state index is 5.81. The van der Waals surface area contributed by atoms with Gasteiger partial charge in [0.1, 0.15) is 5.69 Å². The Labute approximate surface area is 119 Å². The van der Waals surface area contributed by atoms with E-state index in [9.17, 15) is 0 Å². The van der Waals surface area contributed by atoms with Crippen molar-refractivity contribution in [3.8, 4) is 11.8 Å². The lowest BCUT2D eigenvalue weighted by atomic mass is 9.82. The van der Waals surface area contributed by atoms with Crippen molar-refractivity contribution in [2.24, 2.45) is 23.6 Å². The molecule has 2 saturated carbocycles. The molecule has 2 bridgehead atoms. The lowest BCUT2D eigenvalue weighted by Gasteiger charge is -2.30. The minimum absolute atomic E-state index is 0.00124. The summed E-state index contributed by atoms with van der Waals surface area (Å²) >= 11 is 0. The van der Waals surface area contributed by atoms with Crippen molar-refractivity contribution in [2.75, 3.05) is 14.2 Å². The first-order valence-corrected chi connectivity index (χ1v) is 7.17. The van der Waals surface area contributed by atoms with Crippen LogP contribution in [-0.2, 0) is 0 Å². The summed E-state index contributed by atoms with van der Waals surface area (Å²) in [5.74, 6) is 8.88. The quantitative estimate of drug-likeness (QED) is 0.626. The molecule has 20 heavy (non-hydrogen) atoms. The third kappa shape index (κ3) is 2.23. The summed E-state index contributed by atoms with van der Waals surface area (Å²) in [6.45, 7) is 0. The predicted octanol–water partition coefficient (Wildman–Crippen LogP) is 1.43. The Morgan fingerprint density at radius 3 is 2.70 bits per heavy atom. The van der Waals surface area contributed by atoms with Gasteiger partial charge >= 0.3 is 0 Å². The van der Waals surface area contributed by atoms with Crippen LogP contribution in [0, 0.1) is 17.8 Å². The molecule has 0 spiro atoms. The number of fused-ring (bicyclic) bond motifs is 2. The fourth-order valence-electron chi connectivity index (χ4n) is 3.94. The van der Waals surface area contributed by atoms with Gasteiger partial charge in [0.25, 0.3) is 0 Å². The normalized spacial score (nSPS) is 29.4. The maximum Gasteiger partial charge on any atom is 0.240 e. The van der Waals surface area contributed by atoms with Crippen LogP contribution >= 0.6 is 0 Å². The molecule has 2 aliphatic rings. The highest BCUT2D eigenvalue weighted by atomic mass is 16.5. The van der Waals surface area contributed by atoms with Gasteiger partial charge in [-0.15, -0.1) is 0 Å². The van der Waals surface area contributed by atoms with E-state index in [0.29, 0.717) is 17.7 Å². The number of nitrogens with zero attached hydrogens (tertiary/aromatic N) is 2. The third-order valence-electron chi connectivity index (χ3n) is 4.84. The Hall–Kier alpha value is -1.40. The summed E-state index contributed by atoms with van der Waals surface area (Å²) in [5.41, 5.74) is 3.72. The summed E-state index contributed by atoms with van der Waals surface area (Å²) in [6.07, 6.45) is 6.84. The second kappa shape index (κ2) is 5.54. The van der Waals surface area contributed by atoms with E-state index in [2.05, 4.69) is 15.4 Å². The van der Waals surface area contributed by atoms with E-state index in [1.165, 1.54) is 25.7 Å². The lowest BCUT2D eigenvalue weighted by Crippen LogP contribution is -2.36. The summed E-state index contributed by atoms with van der Waals surface area (Å²) < 4.78 is 10.5. The van der Waals surface area contributed by atoms with Gasteiger partial charge in [0.05, 0.1) is 26.5 Å². The molecule has 4 unspecified atom stereocenters. The van der Waals surface area contributed by atoms with Crippen molar-refractivity contribution in [1.82, 2.24) is 15.4 Å². The maximum atomic E-state index is 5.81. The van der Waals surface area contributed by atoms with Crippen LogP contribution in [0.15, 0.2) is 6.20 Å². The van der Waals surface area contributed by atoms with E-state index in [-0.39, 0.29) is 6.04 Å². The highest BCUT2D eigenvalue weighted by Gasteiger charge is 2.44. The number of methoxy groups -OCH3 is 2. The van der Waals surface area contributed by atoms with E-state index < -0.39 is 0 Å². The Morgan fingerprint density at radius 1 is 1.30 bits per heavy atom. The summed E-state index contributed by atoms with van der Waals surface area (Å²) in [4.78, 5) is 8.77. The Bertz CT molecular complexity index is 482. The van der Waals surface area contributed by atoms with Gasteiger partial charge in [0.15, 0.2) is 0 Å². The van der Waals surface area contributed by atoms with Gasteiger partial charge in [-0.05, 0) is 37.0 Å². The van der Waals surface area contributed by atoms with Crippen molar-refractivity contribution < 1.29 is 9.47 Å². The smallest absolute Gasteiger partial charge is 0.240 e. The summed E-state index contributed by atoms with van der Waals surface area (Å²) in [7, 11) is 3.17. The first-order valence-electron chi connectivity index (χ1n) is 7.17. The zero-order chi connectivity index (χ0) is 14.1. The van der Waals surface area contributed by atoms with Crippen LogP contribution in [0.3, 0.4) is 0 Å². The molecule has 2 aliphatic carbocycles. The van der Waals surface area contributed by atoms with Crippen molar-refractivity contribution in [3.63, 3.8) is 0 Å². The Balaban J connectivity index is 1.89. The van der Waals surface area contributed by atoms with Crippen molar-refractivity contribution in [1.29, 1.82) is 0 Å². The highest BCUT2D eigenvalue weighted by molar-refractivity contribution is 5.27. The van der Waals surface area contributed by atoms with Gasteiger partial charge in [-0.2, -0.15) is 4.98 Å². The number of ether oxygens (including phenoxy) is 2. The van der Waals surface area contributed by atoms with E-state index >= 15 is 0 Å². The van der Waals surface area contributed by atoms with Gasteiger partial charge < -0.3 is 9.47 Å². The van der Waals surface area contributed by atoms with Gasteiger partial charge in [0, 0.05) is 0 Å². The third-order valence-corrected chi connectivity index (χ3v) is 4.84. The monoisotopic (exact) mass is 278 g/mol. The molecule has 1 aromatic rings. The van der Waals surface area contributed by atoms with E-state index in [1.807, 2.05) is 0 Å². The van der Waals surface area contributed by atoms with Gasteiger partial charge in [-0.25, -0.2) is 4.98 Å². The Morgan fingerprint density at radius 2 is 2.15 bits per heavy atom. The number of nitrogens with two attached hydrogens (primary N) is 1. The molecule has 110 valence electrons. The number of nitrogens with one attached hydrogen (secondary N) is 1. The first-order chi connectivity index (χ1) is 9.76. The van der Waals surface area contributed by atoms with Crippen LogP contribution in [0.5, 0.6) is 11.8 Å². The summed E-state index contributed by atoms with van der Waals surface area (Å²) in [5, 5.41) is 0. The molecule has 0 saturated heterocycles. The SMILES string of the molecule is COc1cnc(C(NN)C2CC3CCC2C3)c(OC)n1. The number of hydrazine groups is 1. The fraction of sp³-hybridized carbons (Fsp3) is 0.714. The van der Waals surface area contributed by atoms with Gasteiger partial charge in [-0.1, -0.05) is 6.42 Å². The average Bonchev–Trinajstić information content (AvgIpc) is 3.11. The lowest BCUT2D eigenvalue weighted by molar-refractivity contribution is 0.240. The van der Waals surface area contributed by atoms with Crippen molar-refractivity contribution >= 4 is 0 Å². The molecule has 4 atom stereocenters. The molecule has 0 aromatic carbocycles. The zero-order valence-corrected chi connectivity index (χ0v) is 12.0. The van der Waals surface area contributed by atoms with Crippen LogP contribution in [-0.4, -0.2) is 24.2 Å². The van der Waals surface area contributed by atoms with Crippen LogP contribution < -0.4 is 20.7 Å². The molecule has 1 aromatic heterocycles. The first kappa shape index (κ1) is 13.6. The molecule has 0 radical (unpaired) electrons. The highest BCUT2D eigenvalue weighted by Crippen LogP contribution is 2.52. The van der Waals surface area contributed by atoms with E-state index in [1.54, 1.807) is 20.4 Å². The molecular weight excluding hydrogens is 256 g/mol. The summed E-state index contributed by atoms with van der Waals surface area (Å²) in [6, 6.07) is -0.00124. The molecule has 3 rings (SSSR count). The topological polar surface area (TPSA) is 82.3 Å². The Kier molecular flexibility index (Phi) is 3.76. The zero-order valence-electron chi connectivity index (χ0n) is 12.0. The van der Waals surface area contributed by atoms with Crippen LogP contribution in [0.2, 0.25) is 0 Å². The minimum atomic E-state index is -0.00124. The standard InChI is InChI=1S/C14H22N4O2/c1-19-11-7-16-13(14(17-11)20-2)12(18-15)10-6-8-3-4-9(10)5-8/h7-10,12,18H,3-6,15H2,1-2H3. The second-order valence-corrected chi connectivity index (χ2v) is 5.79.